The summed E-state index contributed by atoms with van der Waals surface area (Å²) in [5.74, 6) is 0. The summed E-state index contributed by atoms with van der Waals surface area (Å²) >= 11 is 0. The predicted octanol–water partition coefficient (Wildman–Crippen LogP) is 2.09. The molecule has 3 aromatic rings. The number of rotatable bonds is 2. The van der Waals surface area contributed by atoms with Gasteiger partial charge in [0, 0.05) is 23.7 Å². The number of nitrogens with two attached hydrogens (primary N) is 1. The van der Waals surface area contributed by atoms with Gasteiger partial charge < -0.3 is 5.73 Å². The molecule has 0 spiro atoms. The van der Waals surface area contributed by atoms with Gasteiger partial charge in [-0.25, -0.2) is 4.52 Å². The minimum absolute atomic E-state index is 0.196. The van der Waals surface area contributed by atoms with Crippen LogP contribution in [0.5, 0.6) is 0 Å². The van der Waals surface area contributed by atoms with Gasteiger partial charge in [0.15, 0.2) is 0 Å². The summed E-state index contributed by atoms with van der Waals surface area (Å²) in [6.07, 6.45) is 5.56. The molecule has 0 saturated carbocycles. The van der Waals surface area contributed by atoms with Crippen molar-refractivity contribution in [3.8, 4) is 0 Å². The largest absolute Gasteiger partial charge is 0.320 e. The summed E-state index contributed by atoms with van der Waals surface area (Å²) in [6.45, 7) is 1.96. The topological polar surface area (TPSA) is 56.2 Å². The van der Waals surface area contributed by atoms with E-state index in [1.807, 2.05) is 60.4 Å². The Morgan fingerprint density at radius 1 is 1.17 bits per heavy atom. The van der Waals surface area contributed by atoms with E-state index in [0.29, 0.717) is 0 Å². The average Bonchev–Trinajstić information content (AvgIpc) is 2.82. The lowest BCUT2D eigenvalue weighted by Crippen LogP contribution is -2.11. The Bertz CT molecular complexity index is 670. The van der Waals surface area contributed by atoms with Gasteiger partial charge in [-0.15, -0.1) is 0 Å². The number of fused-ring (bicyclic) bond motifs is 1. The van der Waals surface area contributed by atoms with E-state index >= 15 is 0 Å². The van der Waals surface area contributed by atoms with Crippen LogP contribution in [0.4, 0.5) is 0 Å². The van der Waals surface area contributed by atoms with Crippen molar-refractivity contribution in [1.29, 1.82) is 0 Å². The summed E-state index contributed by atoms with van der Waals surface area (Å²) in [4.78, 5) is 4.28. The van der Waals surface area contributed by atoms with Crippen LogP contribution >= 0.6 is 0 Å². The van der Waals surface area contributed by atoms with Crippen LogP contribution in [0.15, 0.2) is 48.9 Å². The van der Waals surface area contributed by atoms with Gasteiger partial charge in [-0.05, 0) is 30.7 Å². The first-order valence-electron chi connectivity index (χ1n) is 5.86. The maximum Gasteiger partial charge on any atom is 0.0712 e. The highest BCUT2D eigenvalue weighted by atomic mass is 15.2. The smallest absolute Gasteiger partial charge is 0.0712 e. The van der Waals surface area contributed by atoms with Crippen LogP contribution in [-0.4, -0.2) is 14.6 Å². The van der Waals surface area contributed by atoms with Crippen molar-refractivity contribution in [2.24, 2.45) is 5.73 Å². The van der Waals surface area contributed by atoms with Gasteiger partial charge in [0.1, 0.15) is 0 Å². The zero-order valence-electron chi connectivity index (χ0n) is 10.1. The van der Waals surface area contributed by atoms with Crippen molar-refractivity contribution >= 4 is 5.52 Å². The zero-order chi connectivity index (χ0) is 12.5. The van der Waals surface area contributed by atoms with Gasteiger partial charge in [0.05, 0.1) is 17.8 Å². The molecule has 0 aromatic carbocycles. The van der Waals surface area contributed by atoms with Gasteiger partial charge in [0.25, 0.3) is 0 Å². The van der Waals surface area contributed by atoms with Crippen LogP contribution in [-0.2, 0) is 0 Å². The molecule has 0 bridgehead atoms. The van der Waals surface area contributed by atoms with Crippen LogP contribution in [0, 0.1) is 6.92 Å². The second-order valence-corrected chi connectivity index (χ2v) is 4.34. The third-order valence-corrected chi connectivity index (χ3v) is 3.08. The number of hydrogen-bond acceptors (Lipinski definition) is 3. The molecule has 1 atom stereocenters. The minimum Gasteiger partial charge on any atom is -0.320 e. The summed E-state index contributed by atoms with van der Waals surface area (Å²) < 4.78 is 1.83. The zero-order valence-corrected chi connectivity index (χ0v) is 10.1. The molecule has 0 saturated heterocycles. The highest BCUT2D eigenvalue weighted by Gasteiger charge is 2.14. The Morgan fingerprint density at radius 2 is 2.06 bits per heavy atom. The van der Waals surface area contributed by atoms with Crippen molar-refractivity contribution in [1.82, 2.24) is 14.6 Å². The molecule has 4 heteroatoms. The Kier molecular flexibility index (Phi) is 2.57. The molecule has 4 nitrogen and oxygen atoms in total. The second-order valence-electron chi connectivity index (χ2n) is 4.34. The molecule has 2 N–H and O–H groups in total. The normalized spacial score (nSPS) is 12.8. The maximum atomic E-state index is 6.28. The Labute approximate surface area is 105 Å². The van der Waals surface area contributed by atoms with E-state index in [0.717, 1.165) is 22.3 Å². The predicted molar refractivity (Wildman–Crippen MR) is 70.2 cm³/mol. The molecule has 90 valence electrons. The van der Waals surface area contributed by atoms with Crippen LogP contribution in [0.1, 0.15) is 22.9 Å². The third kappa shape index (κ3) is 1.76. The second kappa shape index (κ2) is 4.23. The van der Waals surface area contributed by atoms with Gasteiger partial charge in [0.2, 0.25) is 0 Å². The molecule has 3 aromatic heterocycles. The molecule has 0 aliphatic rings. The monoisotopic (exact) mass is 238 g/mol. The van der Waals surface area contributed by atoms with Crippen LogP contribution < -0.4 is 5.73 Å². The van der Waals surface area contributed by atoms with E-state index < -0.39 is 0 Å². The lowest BCUT2D eigenvalue weighted by atomic mass is 10.0. The fraction of sp³-hybridized carbons (Fsp3) is 0.143. The van der Waals surface area contributed by atoms with Crippen molar-refractivity contribution in [2.45, 2.75) is 13.0 Å². The molecule has 18 heavy (non-hydrogen) atoms. The van der Waals surface area contributed by atoms with E-state index in [4.69, 9.17) is 5.73 Å². The molecule has 0 amide bonds. The van der Waals surface area contributed by atoms with Gasteiger partial charge in [-0.3, -0.25) is 4.98 Å². The van der Waals surface area contributed by atoms with Gasteiger partial charge in [-0.2, -0.15) is 5.10 Å². The molecule has 0 radical (unpaired) electrons. The standard InChI is InChI=1S/C14H14N4/c1-10-5-6-11(8-16-10)14(15)12-9-17-18-7-3-2-4-13(12)18/h2-9,14H,15H2,1H3. The van der Waals surface area contributed by atoms with Crippen LogP contribution in [0.3, 0.4) is 0 Å². The molecule has 3 heterocycles. The van der Waals surface area contributed by atoms with Gasteiger partial charge >= 0.3 is 0 Å². The fourth-order valence-electron chi connectivity index (χ4n) is 2.04. The van der Waals surface area contributed by atoms with Crippen molar-refractivity contribution in [3.05, 3.63) is 65.7 Å². The number of aryl methyl sites for hydroxylation is 1. The van der Waals surface area contributed by atoms with Crippen molar-refractivity contribution in [3.63, 3.8) is 0 Å². The highest BCUT2D eigenvalue weighted by Crippen LogP contribution is 2.22. The van der Waals surface area contributed by atoms with E-state index in [9.17, 15) is 0 Å². The van der Waals surface area contributed by atoms with E-state index in [-0.39, 0.29) is 6.04 Å². The summed E-state index contributed by atoms with van der Waals surface area (Å²) in [6, 6.07) is 9.74. The van der Waals surface area contributed by atoms with E-state index in [1.165, 1.54) is 0 Å². The summed E-state index contributed by atoms with van der Waals surface area (Å²) in [5.41, 5.74) is 10.3. The third-order valence-electron chi connectivity index (χ3n) is 3.08. The Balaban J connectivity index is 2.06. The minimum atomic E-state index is -0.196. The number of hydrogen-bond donors (Lipinski definition) is 1. The van der Waals surface area contributed by atoms with Crippen molar-refractivity contribution < 1.29 is 0 Å². The molecule has 0 aliphatic carbocycles. The molecule has 0 aliphatic heterocycles. The van der Waals surface area contributed by atoms with E-state index in [2.05, 4.69) is 10.1 Å². The maximum absolute atomic E-state index is 6.28. The molecule has 1 unspecified atom stereocenters. The number of pyridine rings is 2. The number of nitrogens with zero attached hydrogens (tertiary/aromatic N) is 3. The Morgan fingerprint density at radius 3 is 2.83 bits per heavy atom. The van der Waals surface area contributed by atoms with Crippen molar-refractivity contribution in [2.75, 3.05) is 0 Å². The van der Waals surface area contributed by atoms with Crippen LogP contribution in [0.2, 0.25) is 0 Å². The first-order valence-corrected chi connectivity index (χ1v) is 5.86. The van der Waals surface area contributed by atoms with Gasteiger partial charge in [-0.1, -0.05) is 12.1 Å². The first-order chi connectivity index (χ1) is 8.75. The molecular formula is C14H14N4. The molecule has 3 rings (SSSR count). The first kappa shape index (κ1) is 10.9. The summed E-state index contributed by atoms with van der Waals surface area (Å²) in [7, 11) is 0. The lowest BCUT2D eigenvalue weighted by Gasteiger charge is -2.10. The Hall–Kier alpha value is -2.20. The highest BCUT2D eigenvalue weighted by molar-refractivity contribution is 5.56. The van der Waals surface area contributed by atoms with E-state index in [1.54, 1.807) is 0 Å². The quantitative estimate of drug-likeness (QED) is 0.743. The average molecular weight is 238 g/mol. The number of aromatic nitrogens is 3. The fourth-order valence-corrected chi connectivity index (χ4v) is 2.04. The van der Waals surface area contributed by atoms with Crippen LogP contribution in [0.25, 0.3) is 5.52 Å². The SMILES string of the molecule is Cc1ccc(C(N)c2cnn3ccccc23)cn1. The summed E-state index contributed by atoms with van der Waals surface area (Å²) in [5, 5.41) is 4.30. The molecule has 0 fully saturated rings. The lowest BCUT2D eigenvalue weighted by molar-refractivity contribution is 0.868. The molecular weight excluding hydrogens is 224 g/mol.